The summed E-state index contributed by atoms with van der Waals surface area (Å²) in [6, 6.07) is 7.93. The smallest absolute Gasteiger partial charge is 0.384 e. The van der Waals surface area contributed by atoms with Crippen LogP contribution in [-0.2, 0) is 16.0 Å². The second-order valence-electron chi connectivity index (χ2n) is 4.04. The van der Waals surface area contributed by atoms with E-state index in [1.165, 1.54) is 12.7 Å². The Hall–Kier alpha value is -1.75. The van der Waals surface area contributed by atoms with Crippen molar-refractivity contribution >= 4 is 5.97 Å². The zero-order valence-electron chi connectivity index (χ0n) is 9.91. The lowest BCUT2D eigenvalue weighted by Gasteiger charge is -2.03. The number of carbonyl (C=O) groups is 1. The van der Waals surface area contributed by atoms with Gasteiger partial charge in [0.05, 0.1) is 7.11 Å². The van der Waals surface area contributed by atoms with E-state index in [0.717, 1.165) is 12.0 Å². The maximum atomic E-state index is 10.8. The van der Waals surface area contributed by atoms with Gasteiger partial charge in [-0.1, -0.05) is 31.9 Å². The van der Waals surface area contributed by atoms with E-state index < -0.39 is 5.97 Å². The van der Waals surface area contributed by atoms with Crippen LogP contribution < -0.4 is 0 Å². The SMILES string of the molecule is COC(=O)C#Cc1ccc(CC(C)C)cc1. The Morgan fingerprint density at radius 2 is 1.94 bits per heavy atom. The third-order valence-electron chi connectivity index (χ3n) is 2.09. The Bertz CT molecular complexity index is 405. The first kappa shape index (κ1) is 12.3. The van der Waals surface area contributed by atoms with Crippen molar-refractivity contribution in [3.8, 4) is 11.8 Å². The second kappa shape index (κ2) is 5.97. The number of carbonyl (C=O) groups excluding carboxylic acids is 1. The predicted molar refractivity (Wildman–Crippen MR) is 63.9 cm³/mol. The summed E-state index contributed by atoms with van der Waals surface area (Å²) in [5.41, 5.74) is 2.12. The minimum atomic E-state index is -0.508. The second-order valence-corrected chi connectivity index (χ2v) is 4.04. The first-order valence-corrected chi connectivity index (χ1v) is 5.30. The van der Waals surface area contributed by atoms with Gasteiger partial charge < -0.3 is 4.74 Å². The number of methoxy groups -OCH3 is 1. The zero-order valence-corrected chi connectivity index (χ0v) is 9.91. The zero-order chi connectivity index (χ0) is 12.0. The van der Waals surface area contributed by atoms with Crippen molar-refractivity contribution in [2.75, 3.05) is 7.11 Å². The Kier molecular flexibility index (Phi) is 4.60. The van der Waals surface area contributed by atoms with Crippen LogP contribution in [0.25, 0.3) is 0 Å². The van der Waals surface area contributed by atoms with Gasteiger partial charge >= 0.3 is 5.97 Å². The van der Waals surface area contributed by atoms with Gasteiger partial charge in [-0.25, -0.2) is 4.79 Å². The van der Waals surface area contributed by atoms with Gasteiger partial charge in [0.15, 0.2) is 0 Å². The molecular weight excluding hydrogens is 200 g/mol. The van der Waals surface area contributed by atoms with Crippen LogP contribution in [0.2, 0.25) is 0 Å². The van der Waals surface area contributed by atoms with E-state index in [1.807, 2.05) is 24.3 Å². The summed E-state index contributed by atoms with van der Waals surface area (Å²) in [7, 11) is 1.32. The van der Waals surface area contributed by atoms with Gasteiger partial charge in [-0.2, -0.15) is 0 Å². The molecule has 0 radical (unpaired) electrons. The number of benzene rings is 1. The molecule has 0 aliphatic heterocycles. The van der Waals surface area contributed by atoms with Gasteiger partial charge in [0, 0.05) is 11.5 Å². The monoisotopic (exact) mass is 216 g/mol. The van der Waals surface area contributed by atoms with Crippen molar-refractivity contribution < 1.29 is 9.53 Å². The van der Waals surface area contributed by atoms with E-state index in [1.54, 1.807) is 0 Å². The van der Waals surface area contributed by atoms with E-state index in [9.17, 15) is 4.79 Å². The normalized spacial score (nSPS) is 9.50. The van der Waals surface area contributed by atoms with Gasteiger partial charge in [0.2, 0.25) is 0 Å². The molecule has 84 valence electrons. The number of hydrogen-bond donors (Lipinski definition) is 0. The first-order chi connectivity index (χ1) is 7.61. The summed E-state index contributed by atoms with van der Waals surface area (Å²) in [4.78, 5) is 10.8. The number of hydrogen-bond acceptors (Lipinski definition) is 2. The number of esters is 1. The molecule has 0 fully saturated rings. The molecule has 0 spiro atoms. The Balaban J connectivity index is 2.70. The van der Waals surface area contributed by atoms with Gasteiger partial charge in [0.1, 0.15) is 0 Å². The molecule has 1 aromatic rings. The van der Waals surface area contributed by atoms with Crippen LogP contribution in [0.5, 0.6) is 0 Å². The summed E-state index contributed by atoms with van der Waals surface area (Å²) >= 11 is 0. The summed E-state index contributed by atoms with van der Waals surface area (Å²) in [6.07, 6.45) is 1.06. The van der Waals surface area contributed by atoms with Crippen LogP contribution >= 0.6 is 0 Å². The first-order valence-electron chi connectivity index (χ1n) is 5.30. The molecule has 0 unspecified atom stereocenters. The molecule has 0 aliphatic carbocycles. The van der Waals surface area contributed by atoms with Gasteiger partial charge in [-0.05, 0) is 30.0 Å². The van der Waals surface area contributed by atoms with E-state index in [0.29, 0.717) is 5.92 Å². The predicted octanol–water partition coefficient (Wildman–Crippen LogP) is 2.41. The maximum Gasteiger partial charge on any atom is 0.384 e. The van der Waals surface area contributed by atoms with E-state index in [2.05, 4.69) is 30.4 Å². The van der Waals surface area contributed by atoms with Crippen molar-refractivity contribution in [2.45, 2.75) is 20.3 Å². The van der Waals surface area contributed by atoms with Crippen molar-refractivity contribution in [1.82, 2.24) is 0 Å². The summed E-state index contributed by atoms with van der Waals surface area (Å²) in [5.74, 6) is 5.29. The molecule has 0 aliphatic rings. The Morgan fingerprint density at radius 1 is 1.31 bits per heavy atom. The standard InChI is InChI=1S/C14H16O2/c1-11(2)10-13-6-4-12(5-7-13)8-9-14(15)16-3/h4-7,11H,10H2,1-3H3. The molecule has 0 aromatic heterocycles. The third-order valence-corrected chi connectivity index (χ3v) is 2.09. The highest BCUT2D eigenvalue weighted by molar-refractivity contribution is 5.88. The largest absolute Gasteiger partial charge is 0.459 e. The fraction of sp³-hybridized carbons (Fsp3) is 0.357. The molecule has 0 bridgehead atoms. The summed E-state index contributed by atoms with van der Waals surface area (Å²) < 4.78 is 4.44. The van der Waals surface area contributed by atoms with Crippen LogP contribution in [0.15, 0.2) is 24.3 Å². The highest BCUT2D eigenvalue weighted by Gasteiger charge is 1.97. The number of ether oxygens (including phenoxy) is 1. The molecule has 0 atom stereocenters. The van der Waals surface area contributed by atoms with Crippen molar-refractivity contribution in [1.29, 1.82) is 0 Å². The van der Waals surface area contributed by atoms with Crippen LogP contribution in [0.1, 0.15) is 25.0 Å². The average molecular weight is 216 g/mol. The van der Waals surface area contributed by atoms with Crippen molar-refractivity contribution in [3.05, 3.63) is 35.4 Å². The van der Waals surface area contributed by atoms with Crippen molar-refractivity contribution in [3.63, 3.8) is 0 Å². The van der Waals surface area contributed by atoms with Gasteiger partial charge in [-0.3, -0.25) is 0 Å². The van der Waals surface area contributed by atoms with Crippen LogP contribution in [0.4, 0.5) is 0 Å². The minimum absolute atomic E-state index is 0.508. The lowest BCUT2D eigenvalue weighted by atomic mass is 10.0. The Labute approximate surface area is 96.6 Å². The van der Waals surface area contributed by atoms with E-state index >= 15 is 0 Å². The molecule has 0 saturated heterocycles. The van der Waals surface area contributed by atoms with Crippen LogP contribution in [0, 0.1) is 17.8 Å². The summed E-state index contributed by atoms with van der Waals surface area (Å²) in [6.45, 7) is 4.37. The van der Waals surface area contributed by atoms with Crippen LogP contribution in [-0.4, -0.2) is 13.1 Å². The molecule has 0 heterocycles. The van der Waals surface area contributed by atoms with Crippen LogP contribution in [0.3, 0.4) is 0 Å². The van der Waals surface area contributed by atoms with Gasteiger partial charge in [-0.15, -0.1) is 0 Å². The molecule has 0 saturated carbocycles. The quantitative estimate of drug-likeness (QED) is 0.560. The fourth-order valence-electron chi connectivity index (χ4n) is 1.37. The average Bonchev–Trinajstić information content (AvgIpc) is 2.27. The maximum absolute atomic E-state index is 10.8. The summed E-state index contributed by atoms with van der Waals surface area (Å²) in [5, 5.41) is 0. The highest BCUT2D eigenvalue weighted by Crippen LogP contribution is 2.08. The number of rotatable bonds is 2. The van der Waals surface area contributed by atoms with E-state index in [4.69, 9.17) is 0 Å². The fourth-order valence-corrected chi connectivity index (χ4v) is 1.37. The topological polar surface area (TPSA) is 26.3 Å². The Morgan fingerprint density at radius 3 is 2.44 bits per heavy atom. The third kappa shape index (κ3) is 4.18. The molecule has 16 heavy (non-hydrogen) atoms. The molecule has 1 aromatic carbocycles. The molecule has 0 N–H and O–H groups in total. The highest BCUT2D eigenvalue weighted by atomic mass is 16.5. The minimum Gasteiger partial charge on any atom is -0.459 e. The molecule has 1 rings (SSSR count). The lowest BCUT2D eigenvalue weighted by Crippen LogP contribution is -1.95. The van der Waals surface area contributed by atoms with Crippen molar-refractivity contribution in [2.24, 2.45) is 5.92 Å². The van der Waals surface area contributed by atoms with Gasteiger partial charge in [0.25, 0.3) is 0 Å². The van der Waals surface area contributed by atoms with E-state index in [-0.39, 0.29) is 0 Å². The molecule has 0 amide bonds. The molecular formula is C14H16O2. The molecule has 2 heteroatoms. The lowest BCUT2D eigenvalue weighted by molar-refractivity contribution is -0.133. The molecule has 2 nitrogen and oxygen atoms in total.